The summed E-state index contributed by atoms with van der Waals surface area (Å²) < 4.78 is 13.7. The van der Waals surface area contributed by atoms with E-state index in [0.717, 1.165) is 5.33 Å². The Bertz CT molecular complexity index is 357. The second-order valence-electron chi connectivity index (χ2n) is 5.13. The van der Waals surface area contributed by atoms with Crippen LogP contribution < -0.4 is 0 Å². The van der Waals surface area contributed by atoms with Crippen molar-refractivity contribution in [2.75, 3.05) is 5.33 Å². The first kappa shape index (κ1) is 14.0. The van der Waals surface area contributed by atoms with Gasteiger partial charge in [-0.1, -0.05) is 60.4 Å². The van der Waals surface area contributed by atoms with Gasteiger partial charge < -0.3 is 0 Å². The minimum Gasteiger partial charge on any atom is -0.205 e. The van der Waals surface area contributed by atoms with E-state index in [0.29, 0.717) is 17.9 Å². The average molecular weight is 308 g/mol. The van der Waals surface area contributed by atoms with E-state index in [2.05, 4.69) is 36.7 Å². The van der Waals surface area contributed by atoms with Crippen molar-refractivity contribution in [2.45, 2.75) is 27.2 Å². The molecule has 0 N–H and O–H groups in total. The molecule has 0 amide bonds. The van der Waals surface area contributed by atoms with Crippen LogP contribution in [0.15, 0.2) is 18.2 Å². The Morgan fingerprint density at radius 3 is 2.50 bits per heavy atom. The fourth-order valence-corrected chi connectivity index (χ4v) is 2.96. The largest absolute Gasteiger partial charge is 0.205 e. The molecule has 0 fully saturated rings. The van der Waals surface area contributed by atoms with Gasteiger partial charge in [-0.25, -0.2) is 4.39 Å². The van der Waals surface area contributed by atoms with Crippen LogP contribution in [0.1, 0.15) is 26.3 Å². The van der Waals surface area contributed by atoms with Gasteiger partial charge in [0.25, 0.3) is 0 Å². The Balaban J connectivity index is 2.91. The number of benzene rings is 1. The van der Waals surface area contributed by atoms with Gasteiger partial charge in [-0.3, -0.25) is 0 Å². The van der Waals surface area contributed by atoms with Gasteiger partial charge >= 0.3 is 0 Å². The van der Waals surface area contributed by atoms with E-state index in [4.69, 9.17) is 11.6 Å². The molecule has 0 radical (unpaired) electrons. The van der Waals surface area contributed by atoms with Crippen LogP contribution in [-0.2, 0) is 6.42 Å². The van der Waals surface area contributed by atoms with Crippen molar-refractivity contribution in [3.05, 3.63) is 34.6 Å². The molecule has 3 heteroatoms. The average Bonchev–Trinajstić information content (AvgIpc) is 2.18. The Morgan fingerprint density at radius 1 is 1.38 bits per heavy atom. The Morgan fingerprint density at radius 2 is 2.00 bits per heavy atom. The van der Waals surface area contributed by atoms with Gasteiger partial charge in [0.1, 0.15) is 5.82 Å². The minimum atomic E-state index is -0.278. The molecule has 0 spiro atoms. The second kappa shape index (κ2) is 5.50. The molecular formula is C13H17BrClF. The third kappa shape index (κ3) is 3.46. The number of rotatable bonds is 3. The Labute approximate surface area is 110 Å². The first-order chi connectivity index (χ1) is 7.36. The quantitative estimate of drug-likeness (QED) is 0.683. The molecule has 1 rings (SSSR count). The standard InChI is InChI=1S/C13H17BrClF/c1-13(2,3)10(8-14)7-9-5-4-6-11(15)12(9)16/h4-6,10H,7-8H2,1-3H3. The van der Waals surface area contributed by atoms with Crippen LogP contribution in [-0.4, -0.2) is 5.33 Å². The summed E-state index contributed by atoms with van der Waals surface area (Å²) in [6.07, 6.45) is 0.709. The summed E-state index contributed by atoms with van der Waals surface area (Å²) >= 11 is 9.26. The zero-order chi connectivity index (χ0) is 12.3. The lowest BCUT2D eigenvalue weighted by atomic mass is 9.78. The van der Waals surface area contributed by atoms with Gasteiger partial charge in [0.2, 0.25) is 0 Å². The Kier molecular flexibility index (Phi) is 4.81. The van der Waals surface area contributed by atoms with E-state index < -0.39 is 0 Å². The predicted octanol–water partition coefficient (Wildman–Crippen LogP) is 5.08. The van der Waals surface area contributed by atoms with Crippen LogP contribution in [0.4, 0.5) is 4.39 Å². The maximum Gasteiger partial charge on any atom is 0.144 e. The first-order valence-electron chi connectivity index (χ1n) is 5.35. The fraction of sp³-hybridized carbons (Fsp3) is 0.538. The summed E-state index contributed by atoms with van der Waals surface area (Å²) in [5.41, 5.74) is 0.852. The third-order valence-corrected chi connectivity index (χ3v) is 3.98. The van der Waals surface area contributed by atoms with Crippen molar-refractivity contribution in [1.29, 1.82) is 0 Å². The van der Waals surface area contributed by atoms with Crippen LogP contribution in [0.3, 0.4) is 0 Å². The molecule has 90 valence electrons. The van der Waals surface area contributed by atoms with Crippen molar-refractivity contribution >= 4 is 27.5 Å². The van der Waals surface area contributed by atoms with Crippen molar-refractivity contribution in [3.8, 4) is 0 Å². The Hall–Kier alpha value is -0.0800. The first-order valence-corrected chi connectivity index (χ1v) is 6.85. The van der Waals surface area contributed by atoms with Crippen molar-refractivity contribution in [3.63, 3.8) is 0 Å². The van der Waals surface area contributed by atoms with Gasteiger partial charge in [0.15, 0.2) is 0 Å². The lowest BCUT2D eigenvalue weighted by Gasteiger charge is -2.29. The molecule has 1 aromatic rings. The molecule has 1 unspecified atom stereocenters. The molecule has 0 saturated heterocycles. The molecule has 0 saturated carbocycles. The van der Waals surface area contributed by atoms with Gasteiger partial charge in [0, 0.05) is 5.33 Å². The fourth-order valence-electron chi connectivity index (χ4n) is 1.56. The second-order valence-corrected chi connectivity index (χ2v) is 6.19. The molecule has 0 aliphatic carbocycles. The van der Waals surface area contributed by atoms with E-state index in [1.165, 1.54) is 0 Å². The minimum absolute atomic E-state index is 0.151. The van der Waals surface area contributed by atoms with E-state index in [1.54, 1.807) is 12.1 Å². The van der Waals surface area contributed by atoms with Gasteiger partial charge in [-0.15, -0.1) is 0 Å². The highest BCUT2D eigenvalue weighted by Gasteiger charge is 2.24. The van der Waals surface area contributed by atoms with Crippen LogP contribution in [0, 0.1) is 17.2 Å². The SMILES string of the molecule is CC(C)(C)C(CBr)Cc1cccc(Cl)c1F. The van der Waals surface area contributed by atoms with Gasteiger partial charge in [-0.05, 0) is 29.4 Å². The molecule has 0 heterocycles. The van der Waals surface area contributed by atoms with Crippen molar-refractivity contribution in [2.24, 2.45) is 11.3 Å². The lowest BCUT2D eigenvalue weighted by molar-refractivity contribution is 0.265. The topological polar surface area (TPSA) is 0 Å². The molecule has 0 aromatic heterocycles. The molecular weight excluding hydrogens is 290 g/mol. The zero-order valence-electron chi connectivity index (χ0n) is 9.86. The maximum absolute atomic E-state index is 13.7. The van der Waals surface area contributed by atoms with Crippen LogP contribution in [0.5, 0.6) is 0 Å². The van der Waals surface area contributed by atoms with Crippen LogP contribution in [0.25, 0.3) is 0 Å². The highest BCUT2D eigenvalue weighted by atomic mass is 79.9. The molecule has 0 nitrogen and oxygen atoms in total. The summed E-state index contributed by atoms with van der Waals surface area (Å²) in [5.74, 6) is 0.111. The number of halogens is 3. The highest BCUT2D eigenvalue weighted by Crippen LogP contribution is 2.32. The lowest BCUT2D eigenvalue weighted by Crippen LogP contribution is -2.24. The summed E-state index contributed by atoms with van der Waals surface area (Å²) in [4.78, 5) is 0. The number of alkyl halides is 1. The zero-order valence-corrected chi connectivity index (χ0v) is 12.2. The molecule has 0 bridgehead atoms. The molecule has 0 aliphatic heterocycles. The highest BCUT2D eigenvalue weighted by molar-refractivity contribution is 9.09. The predicted molar refractivity (Wildman–Crippen MR) is 71.9 cm³/mol. The molecule has 16 heavy (non-hydrogen) atoms. The molecule has 0 aliphatic rings. The number of hydrogen-bond donors (Lipinski definition) is 0. The smallest absolute Gasteiger partial charge is 0.144 e. The third-order valence-electron chi connectivity index (χ3n) is 2.91. The van der Waals surface area contributed by atoms with Gasteiger partial charge in [-0.2, -0.15) is 0 Å². The monoisotopic (exact) mass is 306 g/mol. The van der Waals surface area contributed by atoms with E-state index >= 15 is 0 Å². The van der Waals surface area contributed by atoms with E-state index in [-0.39, 0.29) is 16.3 Å². The van der Waals surface area contributed by atoms with E-state index in [9.17, 15) is 4.39 Å². The summed E-state index contributed by atoms with van der Waals surface area (Å²) in [6.45, 7) is 6.50. The molecule has 1 atom stereocenters. The van der Waals surface area contributed by atoms with Crippen molar-refractivity contribution in [1.82, 2.24) is 0 Å². The van der Waals surface area contributed by atoms with Crippen LogP contribution in [0.2, 0.25) is 5.02 Å². The van der Waals surface area contributed by atoms with Crippen LogP contribution >= 0.6 is 27.5 Å². The number of hydrogen-bond acceptors (Lipinski definition) is 0. The summed E-state index contributed by atoms with van der Waals surface area (Å²) in [7, 11) is 0. The maximum atomic E-state index is 13.7. The summed E-state index contributed by atoms with van der Waals surface area (Å²) in [5, 5.41) is 1.07. The normalized spacial score (nSPS) is 13.9. The summed E-state index contributed by atoms with van der Waals surface area (Å²) in [6, 6.07) is 5.19. The molecule has 1 aromatic carbocycles. The van der Waals surface area contributed by atoms with Crippen molar-refractivity contribution < 1.29 is 4.39 Å². The van der Waals surface area contributed by atoms with E-state index in [1.807, 2.05) is 6.07 Å². The van der Waals surface area contributed by atoms with Gasteiger partial charge in [0.05, 0.1) is 5.02 Å².